The van der Waals surface area contributed by atoms with Crippen LogP contribution < -0.4 is 10.1 Å². The van der Waals surface area contributed by atoms with Crippen LogP contribution in [0, 0.1) is 0 Å². The molecule has 2 atom stereocenters. The number of aromatic nitrogens is 1. The van der Waals surface area contributed by atoms with E-state index >= 15 is 0 Å². The fraction of sp³-hybridized carbons (Fsp3) is 0.381. The second-order valence-electron chi connectivity index (χ2n) is 7.59. The van der Waals surface area contributed by atoms with Gasteiger partial charge in [-0.25, -0.2) is 9.98 Å². The summed E-state index contributed by atoms with van der Waals surface area (Å²) in [7, 11) is 1.83. The fourth-order valence-corrected chi connectivity index (χ4v) is 4.64. The van der Waals surface area contributed by atoms with Gasteiger partial charge in [0, 0.05) is 31.8 Å². The molecule has 9 nitrogen and oxygen atoms in total. The van der Waals surface area contributed by atoms with E-state index < -0.39 is 6.36 Å². The minimum absolute atomic E-state index is 0.113. The minimum atomic E-state index is -4.77. The molecule has 0 spiro atoms. The maximum Gasteiger partial charge on any atom is 0.573 e. The number of alkyl halides is 3. The number of guanidine groups is 1. The first-order chi connectivity index (χ1) is 16.2. The maximum atomic E-state index is 12.8. The lowest BCUT2D eigenvalue weighted by molar-refractivity contribution is -0.274. The van der Waals surface area contributed by atoms with Gasteiger partial charge in [-0.05, 0) is 18.2 Å². The highest BCUT2D eigenvalue weighted by Gasteiger charge is 2.35. The lowest BCUT2D eigenvalue weighted by Crippen LogP contribution is -2.40. The standard InChI is InChI=1S/C21H22F3N5O4S/c1-28-16-5-2-12(18(32)29(6-8-30)7-9-31)10-15(16)25-19(28)27-20-26-14-4-3-13(11-17(14)34-20)33-21(22,23)24/h2-5,10-11,15-16,30-31H,6-9H2,1H3,(H,25,26,27). The van der Waals surface area contributed by atoms with Crippen molar-refractivity contribution in [2.75, 3.05) is 38.7 Å². The SMILES string of the molecule is CN1C(Nc2nc3ccc(OC(F)(F)F)cc3s2)=NC2C=C(C(=O)N(CCO)CCO)C=CC21. The molecule has 2 aromatic rings. The molecule has 0 saturated heterocycles. The summed E-state index contributed by atoms with van der Waals surface area (Å²) in [5, 5.41) is 21.9. The predicted octanol–water partition coefficient (Wildman–Crippen LogP) is 1.95. The number of benzene rings is 1. The number of hydrogen-bond donors (Lipinski definition) is 3. The zero-order valence-corrected chi connectivity index (χ0v) is 18.8. The summed E-state index contributed by atoms with van der Waals surface area (Å²) in [4.78, 5) is 25.0. The van der Waals surface area contributed by atoms with Crippen molar-refractivity contribution in [1.82, 2.24) is 14.8 Å². The molecule has 2 unspecified atom stereocenters. The highest BCUT2D eigenvalue weighted by Crippen LogP contribution is 2.33. The van der Waals surface area contributed by atoms with Crippen LogP contribution in [0.1, 0.15) is 0 Å². The van der Waals surface area contributed by atoms with Crippen LogP contribution >= 0.6 is 11.3 Å². The lowest BCUT2D eigenvalue weighted by atomic mass is 9.98. The van der Waals surface area contributed by atoms with Crippen molar-refractivity contribution < 1.29 is 32.9 Å². The highest BCUT2D eigenvalue weighted by molar-refractivity contribution is 7.22. The van der Waals surface area contributed by atoms with Crippen LogP contribution in [0.4, 0.5) is 18.3 Å². The molecule has 182 valence electrons. The van der Waals surface area contributed by atoms with Gasteiger partial charge in [-0.2, -0.15) is 0 Å². The number of ether oxygens (including phenoxy) is 1. The summed E-state index contributed by atoms with van der Waals surface area (Å²) in [6.45, 7) is -0.199. The molecule has 3 N–H and O–H groups in total. The van der Waals surface area contributed by atoms with Gasteiger partial charge in [0.2, 0.25) is 5.96 Å². The second kappa shape index (κ2) is 9.60. The molecule has 0 fully saturated rings. The Bertz CT molecular complexity index is 1160. The van der Waals surface area contributed by atoms with Gasteiger partial charge in [0.25, 0.3) is 5.91 Å². The molecule has 34 heavy (non-hydrogen) atoms. The van der Waals surface area contributed by atoms with Gasteiger partial charge in [0.05, 0.1) is 35.5 Å². The molecule has 2 heterocycles. The summed E-state index contributed by atoms with van der Waals surface area (Å²) < 4.78 is 41.9. The third kappa shape index (κ3) is 5.16. The Hall–Kier alpha value is -3.16. The quantitative estimate of drug-likeness (QED) is 0.536. The van der Waals surface area contributed by atoms with Crippen LogP contribution in [-0.4, -0.2) is 88.7 Å². The monoisotopic (exact) mass is 497 g/mol. The van der Waals surface area contributed by atoms with Crippen LogP contribution in [0.3, 0.4) is 0 Å². The van der Waals surface area contributed by atoms with Gasteiger partial charge in [-0.1, -0.05) is 23.5 Å². The van der Waals surface area contributed by atoms with E-state index in [9.17, 15) is 28.2 Å². The Kier molecular flexibility index (Phi) is 6.77. The number of rotatable bonds is 7. The molecule has 0 radical (unpaired) electrons. The molecule has 1 aliphatic heterocycles. The van der Waals surface area contributed by atoms with E-state index in [0.717, 1.165) is 11.3 Å². The summed E-state index contributed by atoms with van der Waals surface area (Å²) in [5.41, 5.74) is 0.931. The van der Waals surface area contributed by atoms with Crippen LogP contribution in [0.2, 0.25) is 0 Å². The van der Waals surface area contributed by atoms with Crippen LogP contribution in [0.5, 0.6) is 5.75 Å². The molecule has 0 saturated carbocycles. The van der Waals surface area contributed by atoms with Gasteiger partial charge in [0.15, 0.2) is 5.13 Å². The van der Waals surface area contributed by atoms with E-state index in [-0.39, 0.29) is 50.0 Å². The van der Waals surface area contributed by atoms with Crippen LogP contribution in [0.15, 0.2) is 47.0 Å². The number of aliphatic imine (C=N–C) groups is 1. The van der Waals surface area contributed by atoms with Crippen molar-refractivity contribution in [1.29, 1.82) is 0 Å². The molecule has 2 aliphatic rings. The number of nitrogens with one attached hydrogen (secondary N) is 1. The average molecular weight is 497 g/mol. The van der Waals surface area contributed by atoms with Gasteiger partial charge < -0.3 is 30.1 Å². The number of fused-ring (bicyclic) bond motifs is 2. The molecular formula is C21H22F3N5O4S. The first kappa shape index (κ1) is 24.0. The Morgan fingerprint density at radius 3 is 2.71 bits per heavy atom. The highest BCUT2D eigenvalue weighted by atomic mass is 32.1. The zero-order chi connectivity index (χ0) is 24.5. The summed E-state index contributed by atoms with van der Waals surface area (Å²) in [6.07, 6.45) is 0.510. The van der Waals surface area contributed by atoms with Gasteiger partial charge in [-0.3, -0.25) is 4.79 Å². The van der Waals surface area contributed by atoms with Crippen molar-refractivity contribution in [3.8, 4) is 5.75 Å². The van der Waals surface area contributed by atoms with Crippen LogP contribution in [0.25, 0.3) is 10.2 Å². The number of nitrogens with zero attached hydrogens (tertiary/aromatic N) is 4. The largest absolute Gasteiger partial charge is 0.573 e. The van der Waals surface area contributed by atoms with E-state index in [2.05, 4.69) is 20.0 Å². The average Bonchev–Trinajstić information content (AvgIpc) is 3.31. The van der Waals surface area contributed by atoms with Crippen LogP contribution in [-0.2, 0) is 4.79 Å². The van der Waals surface area contributed by atoms with E-state index in [4.69, 9.17) is 0 Å². The van der Waals surface area contributed by atoms with Crippen molar-refractivity contribution in [2.24, 2.45) is 4.99 Å². The first-order valence-electron chi connectivity index (χ1n) is 10.3. The third-order valence-electron chi connectivity index (χ3n) is 5.31. The molecule has 1 aliphatic carbocycles. The molecule has 1 aromatic heterocycles. The number of amides is 1. The van der Waals surface area contributed by atoms with E-state index in [1.54, 1.807) is 12.2 Å². The number of thiazole rings is 1. The van der Waals surface area contributed by atoms with Crippen molar-refractivity contribution in [3.05, 3.63) is 42.0 Å². The topological polar surface area (TPSA) is 111 Å². The number of halogens is 3. The number of aliphatic hydroxyl groups excluding tert-OH is 2. The first-order valence-corrected chi connectivity index (χ1v) is 11.1. The summed E-state index contributed by atoms with van der Waals surface area (Å²) >= 11 is 1.16. The molecule has 4 rings (SSSR count). The van der Waals surface area contributed by atoms with Gasteiger partial charge in [-0.15, -0.1) is 13.2 Å². The Labute approximate surface area is 196 Å². The van der Waals surface area contributed by atoms with E-state index in [0.29, 0.717) is 26.9 Å². The Morgan fingerprint density at radius 2 is 2.03 bits per heavy atom. The van der Waals surface area contributed by atoms with Gasteiger partial charge >= 0.3 is 6.36 Å². The minimum Gasteiger partial charge on any atom is -0.406 e. The number of aliphatic hydroxyl groups is 2. The predicted molar refractivity (Wildman–Crippen MR) is 121 cm³/mol. The van der Waals surface area contributed by atoms with Crippen molar-refractivity contribution in [3.63, 3.8) is 0 Å². The zero-order valence-electron chi connectivity index (χ0n) is 18.0. The molecular weight excluding hydrogens is 475 g/mol. The molecule has 1 amide bonds. The number of anilines is 1. The molecule has 1 aromatic carbocycles. The van der Waals surface area contributed by atoms with E-state index in [1.165, 1.54) is 23.1 Å². The molecule has 0 bridgehead atoms. The Balaban J connectivity index is 1.50. The lowest BCUT2D eigenvalue weighted by Gasteiger charge is -2.27. The van der Waals surface area contributed by atoms with E-state index in [1.807, 2.05) is 18.0 Å². The smallest absolute Gasteiger partial charge is 0.406 e. The maximum absolute atomic E-state index is 12.8. The third-order valence-corrected chi connectivity index (χ3v) is 6.25. The number of likely N-dealkylation sites (N-methyl/N-ethyl adjacent to an activating group) is 1. The van der Waals surface area contributed by atoms with Gasteiger partial charge in [0.1, 0.15) is 5.75 Å². The molecule has 13 heteroatoms. The summed E-state index contributed by atoms with van der Waals surface area (Å²) in [5.74, 6) is -0.126. The second-order valence-corrected chi connectivity index (χ2v) is 8.62. The van der Waals surface area contributed by atoms with Crippen molar-refractivity contribution in [2.45, 2.75) is 18.4 Å². The Morgan fingerprint density at radius 1 is 1.29 bits per heavy atom. The summed E-state index contributed by atoms with van der Waals surface area (Å²) in [6, 6.07) is 3.45. The number of carbonyl (C=O) groups is 1. The van der Waals surface area contributed by atoms with Crippen molar-refractivity contribution >= 4 is 38.6 Å². The fourth-order valence-electron chi connectivity index (χ4n) is 3.75. The number of carbonyl (C=O) groups excluding carboxylic acids is 1. The normalized spacial score (nSPS) is 19.6. The number of hydrogen-bond acceptors (Lipinski definition) is 9.